The number of hydrogen-bond acceptors (Lipinski definition) is 5. The van der Waals surface area contributed by atoms with E-state index < -0.39 is 17.4 Å². The summed E-state index contributed by atoms with van der Waals surface area (Å²) in [5.41, 5.74) is 6.41. The molecule has 0 saturated carbocycles. The second kappa shape index (κ2) is 7.11. The Labute approximate surface area is 157 Å². The van der Waals surface area contributed by atoms with Crippen molar-refractivity contribution in [1.82, 2.24) is 15.2 Å². The van der Waals surface area contributed by atoms with Crippen LogP contribution in [0.2, 0.25) is 0 Å². The smallest absolute Gasteiger partial charge is 0.327 e. The number of rotatable bonds is 6. The van der Waals surface area contributed by atoms with Gasteiger partial charge in [0.2, 0.25) is 0 Å². The van der Waals surface area contributed by atoms with Crippen LogP contribution in [0.1, 0.15) is 42.7 Å². The van der Waals surface area contributed by atoms with Crippen molar-refractivity contribution >= 4 is 23.9 Å². The Kier molecular flexibility index (Phi) is 5.01. The Balaban J connectivity index is 1.79. The van der Waals surface area contributed by atoms with E-state index in [-0.39, 0.29) is 17.9 Å². The number of nitrogens with one attached hydrogen (secondary N) is 1. The Bertz CT molecular complexity index is 818. The van der Waals surface area contributed by atoms with Gasteiger partial charge in [-0.2, -0.15) is 0 Å². The molecule has 0 aromatic carbocycles. The van der Waals surface area contributed by atoms with Crippen molar-refractivity contribution in [2.24, 2.45) is 11.1 Å². The number of carbonyl (C=O) groups is 3. The number of carbonyl (C=O) groups excluding carboxylic acids is 2. The molecule has 2 atom stereocenters. The standard InChI is InChI=1S/C19H24N4O4/c1-19(2)10-14-13(17(25)23(14)15(19)18(26)27)9-12-8-11(4-7-21-12)16(24)22-6-3-5-20/h4,7-9,14-15H,3,5-6,10,20H2,1-2H3,(H,22,24)(H,26,27)/b13-9+/t14?,15-/m0/s1. The van der Waals surface area contributed by atoms with Gasteiger partial charge in [-0.15, -0.1) is 0 Å². The van der Waals surface area contributed by atoms with E-state index in [2.05, 4.69) is 10.3 Å². The van der Waals surface area contributed by atoms with E-state index in [9.17, 15) is 19.5 Å². The van der Waals surface area contributed by atoms with Gasteiger partial charge in [0.1, 0.15) is 6.04 Å². The van der Waals surface area contributed by atoms with Gasteiger partial charge in [0, 0.05) is 23.9 Å². The SMILES string of the molecule is CC1(C)CC2/C(=C\c3cc(C(=O)NCCCN)ccn3)C(=O)N2[C@H]1C(=O)O. The second-order valence-corrected chi connectivity index (χ2v) is 7.63. The maximum Gasteiger partial charge on any atom is 0.327 e. The fourth-order valence-electron chi connectivity index (χ4n) is 3.85. The maximum absolute atomic E-state index is 12.5. The molecule has 144 valence electrons. The Morgan fingerprint density at radius 3 is 2.89 bits per heavy atom. The number of pyridine rings is 1. The molecule has 8 nitrogen and oxygen atoms in total. The monoisotopic (exact) mass is 372 g/mol. The third-order valence-electron chi connectivity index (χ3n) is 5.16. The largest absolute Gasteiger partial charge is 0.480 e. The Morgan fingerprint density at radius 2 is 2.22 bits per heavy atom. The summed E-state index contributed by atoms with van der Waals surface area (Å²) in [4.78, 5) is 41.9. The predicted molar refractivity (Wildman–Crippen MR) is 98.7 cm³/mol. The average Bonchev–Trinajstić information content (AvgIpc) is 2.88. The Morgan fingerprint density at radius 1 is 1.48 bits per heavy atom. The minimum Gasteiger partial charge on any atom is -0.480 e. The van der Waals surface area contributed by atoms with Crippen molar-refractivity contribution in [2.75, 3.05) is 13.1 Å². The van der Waals surface area contributed by atoms with Crippen molar-refractivity contribution in [3.8, 4) is 0 Å². The number of β-lactam (4-membered cyclic amide) rings is 1. The van der Waals surface area contributed by atoms with Gasteiger partial charge in [-0.25, -0.2) is 4.79 Å². The molecule has 2 aliphatic heterocycles. The highest BCUT2D eigenvalue weighted by Gasteiger charge is 2.60. The molecule has 0 radical (unpaired) electrons. The molecule has 1 unspecified atom stereocenters. The predicted octanol–water partition coefficient (Wildman–Crippen LogP) is 0.638. The third kappa shape index (κ3) is 3.44. The molecular formula is C19H24N4O4. The molecule has 1 aromatic rings. The van der Waals surface area contributed by atoms with Gasteiger partial charge in [0.25, 0.3) is 11.8 Å². The van der Waals surface area contributed by atoms with E-state index in [0.717, 1.165) is 0 Å². The van der Waals surface area contributed by atoms with Crippen molar-refractivity contribution < 1.29 is 19.5 Å². The van der Waals surface area contributed by atoms with Gasteiger partial charge >= 0.3 is 5.97 Å². The summed E-state index contributed by atoms with van der Waals surface area (Å²) in [6.45, 7) is 4.72. The number of carboxylic acids is 1. The van der Waals surface area contributed by atoms with Crippen LogP contribution in [0.25, 0.3) is 6.08 Å². The molecule has 4 N–H and O–H groups in total. The molecule has 27 heavy (non-hydrogen) atoms. The van der Waals surface area contributed by atoms with Gasteiger partial charge in [-0.1, -0.05) is 13.8 Å². The number of fused-ring (bicyclic) bond motifs is 1. The lowest BCUT2D eigenvalue weighted by molar-refractivity contribution is -0.154. The minimum atomic E-state index is -0.982. The van der Waals surface area contributed by atoms with Crippen LogP contribution in [0.15, 0.2) is 23.9 Å². The van der Waals surface area contributed by atoms with Gasteiger partial charge in [0.15, 0.2) is 0 Å². The summed E-state index contributed by atoms with van der Waals surface area (Å²) in [5.74, 6) is -1.48. The van der Waals surface area contributed by atoms with Crippen LogP contribution in [0.4, 0.5) is 0 Å². The van der Waals surface area contributed by atoms with E-state index in [1.165, 1.54) is 11.1 Å². The molecule has 0 bridgehead atoms. The normalized spacial score (nSPS) is 24.5. The lowest BCUT2D eigenvalue weighted by Gasteiger charge is -2.40. The van der Waals surface area contributed by atoms with E-state index >= 15 is 0 Å². The van der Waals surface area contributed by atoms with Crippen molar-refractivity contribution in [3.63, 3.8) is 0 Å². The first-order chi connectivity index (χ1) is 12.8. The highest BCUT2D eigenvalue weighted by molar-refractivity contribution is 6.08. The van der Waals surface area contributed by atoms with E-state index in [0.29, 0.717) is 42.8 Å². The van der Waals surface area contributed by atoms with Crippen LogP contribution >= 0.6 is 0 Å². The number of carboxylic acid groups (broad SMARTS) is 1. The molecule has 3 rings (SSSR count). The number of aromatic nitrogens is 1. The molecule has 2 aliphatic rings. The Hall–Kier alpha value is -2.74. The second-order valence-electron chi connectivity index (χ2n) is 7.63. The van der Waals surface area contributed by atoms with E-state index in [4.69, 9.17) is 5.73 Å². The van der Waals surface area contributed by atoms with Crippen molar-refractivity contribution in [2.45, 2.75) is 38.8 Å². The summed E-state index contributed by atoms with van der Waals surface area (Å²) in [6, 6.07) is 2.18. The quantitative estimate of drug-likeness (QED) is 0.382. The van der Waals surface area contributed by atoms with Crippen molar-refractivity contribution in [1.29, 1.82) is 0 Å². The molecule has 2 saturated heterocycles. The first-order valence-electron chi connectivity index (χ1n) is 8.97. The molecule has 1 aromatic heterocycles. The summed E-state index contributed by atoms with van der Waals surface area (Å²) in [6.07, 6.45) is 4.45. The number of nitrogens with two attached hydrogens (primary N) is 1. The number of aliphatic carboxylic acids is 1. The molecule has 0 spiro atoms. The van der Waals surface area contributed by atoms with E-state index in [1.54, 1.807) is 18.2 Å². The molecule has 2 amide bonds. The zero-order chi connectivity index (χ0) is 19.8. The molecule has 0 aliphatic carbocycles. The molecule has 2 fully saturated rings. The average molecular weight is 372 g/mol. The number of amides is 2. The van der Waals surface area contributed by atoms with E-state index in [1.807, 2.05) is 13.8 Å². The summed E-state index contributed by atoms with van der Waals surface area (Å²) >= 11 is 0. The zero-order valence-corrected chi connectivity index (χ0v) is 15.4. The van der Waals surface area contributed by atoms with Crippen LogP contribution in [0.3, 0.4) is 0 Å². The van der Waals surface area contributed by atoms with Gasteiger partial charge in [-0.05, 0) is 43.0 Å². The van der Waals surface area contributed by atoms with Crippen LogP contribution in [-0.2, 0) is 9.59 Å². The highest BCUT2D eigenvalue weighted by atomic mass is 16.4. The van der Waals surface area contributed by atoms with Crippen LogP contribution < -0.4 is 11.1 Å². The fraction of sp³-hybridized carbons (Fsp3) is 0.474. The number of nitrogens with zero attached hydrogens (tertiary/aromatic N) is 2. The van der Waals surface area contributed by atoms with Gasteiger partial charge in [-0.3, -0.25) is 14.6 Å². The first-order valence-corrected chi connectivity index (χ1v) is 8.97. The lowest BCUT2D eigenvalue weighted by atomic mass is 9.83. The highest BCUT2D eigenvalue weighted by Crippen LogP contribution is 2.49. The van der Waals surface area contributed by atoms with Crippen LogP contribution in [0.5, 0.6) is 0 Å². The summed E-state index contributed by atoms with van der Waals surface area (Å²) < 4.78 is 0. The topological polar surface area (TPSA) is 126 Å². The molecule has 3 heterocycles. The number of hydrogen-bond donors (Lipinski definition) is 3. The van der Waals surface area contributed by atoms with Gasteiger partial charge < -0.3 is 21.1 Å². The fourth-order valence-corrected chi connectivity index (χ4v) is 3.85. The van der Waals surface area contributed by atoms with Crippen LogP contribution in [0, 0.1) is 5.41 Å². The molecular weight excluding hydrogens is 348 g/mol. The van der Waals surface area contributed by atoms with Crippen molar-refractivity contribution in [3.05, 3.63) is 35.2 Å². The molecule has 8 heteroatoms. The lowest BCUT2D eigenvalue weighted by Crippen LogP contribution is -2.57. The minimum absolute atomic E-state index is 0.222. The van der Waals surface area contributed by atoms with Crippen LogP contribution in [-0.4, -0.2) is 57.9 Å². The van der Waals surface area contributed by atoms with Gasteiger partial charge in [0.05, 0.1) is 11.7 Å². The third-order valence-corrected chi connectivity index (χ3v) is 5.16. The summed E-state index contributed by atoms with van der Waals surface area (Å²) in [7, 11) is 0. The zero-order valence-electron chi connectivity index (χ0n) is 15.4. The first kappa shape index (κ1) is 19.0. The maximum atomic E-state index is 12.5. The summed E-state index contributed by atoms with van der Waals surface area (Å²) in [5, 5.41) is 12.2.